The molecular formula is C8H13NO2S. The second-order valence-electron chi connectivity index (χ2n) is 2.91. The number of hydrogen-bond donors (Lipinski definition) is 2. The van der Waals surface area contributed by atoms with Crippen LogP contribution in [0.5, 0.6) is 0 Å². The topological polar surface area (TPSA) is 49.3 Å². The van der Waals surface area contributed by atoms with Gasteiger partial charge in [0.2, 0.25) is 0 Å². The van der Waals surface area contributed by atoms with Gasteiger partial charge in [0, 0.05) is 12.7 Å². The van der Waals surface area contributed by atoms with Crippen LogP contribution in [0.25, 0.3) is 0 Å². The van der Waals surface area contributed by atoms with Crippen molar-refractivity contribution < 1.29 is 9.32 Å². The van der Waals surface area contributed by atoms with Gasteiger partial charge in [0.05, 0.1) is 5.70 Å². The summed E-state index contributed by atoms with van der Waals surface area (Å²) >= 11 is 0. The van der Waals surface area contributed by atoms with Crippen molar-refractivity contribution >= 4 is 11.0 Å². The van der Waals surface area contributed by atoms with Gasteiger partial charge >= 0.3 is 0 Å². The zero-order valence-electron chi connectivity index (χ0n) is 7.26. The van der Waals surface area contributed by atoms with Crippen LogP contribution in [0, 0.1) is 0 Å². The molecule has 0 saturated heterocycles. The maximum Gasteiger partial charge on any atom is 0.117 e. The van der Waals surface area contributed by atoms with E-state index in [0.29, 0.717) is 17.9 Å². The largest absolute Gasteiger partial charge is 0.510 e. The molecule has 0 heterocycles. The number of nitrogens with one attached hydrogen (secondary N) is 1. The van der Waals surface area contributed by atoms with Crippen molar-refractivity contribution in [1.29, 1.82) is 0 Å². The van der Waals surface area contributed by atoms with Gasteiger partial charge in [0.15, 0.2) is 0 Å². The third-order valence-electron chi connectivity index (χ3n) is 1.71. The molecule has 0 radical (unpaired) electrons. The molecule has 68 valence electrons. The Morgan fingerprint density at radius 2 is 2.25 bits per heavy atom. The average molecular weight is 187 g/mol. The molecule has 1 atom stereocenters. The third kappa shape index (κ3) is 2.37. The molecule has 1 rings (SSSR count). The molecule has 12 heavy (non-hydrogen) atoms. The molecule has 0 aromatic rings. The molecule has 0 spiro atoms. The third-order valence-corrected chi connectivity index (χ3v) is 2.22. The molecule has 2 N–H and O–H groups in total. The first-order valence-electron chi connectivity index (χ1n) is 3.79. The van der Waals surface area contributed by atoms with Crippen LogP contribution < -0.4 is 4.72 Å². The zero-order chi connectivity index (χ0) is 9.14. The van der Waals surface area contributed by atoms with Gasteiger partial charge < -0.3 is 9.83 Å². The number of rotatable bonds is 2. The van der Waals surface area contributed by atoms with Crippen molar-refractivity contribution in [3.05, 3.63) is 23.1 Å². The van der Waals surface area contributed by atoms with Crippen LogP contribution in [-0.2, 0) is 11.0 Å². The number of allylic oxidation sites excluding steroid dienone is 3. The summed E-state index contributed by atoms with van der Waals surface area (Å²) in [4.78, 5) is 0. The highest BCUT2D eigenvalue weighted by Gasteiger charge is 2.10. The first kappa shape index (κ1) is 9.32. The van der Waals surface area contributed by atoms with Crippen molar-refractivity contribution in [1.82, 2.24) is 4.72 Å². The van der Waals surface area contributed by atoms with Crippen molar-refractivity contribution in [2.24, 2.45) is 0 Å². The highest BCUT2D eigenvalue weighted by Crippen LogP contribution is 2.19. The van der Waals surface area contributed by atoms with E-state index in [-0.39, 0.29) is 0 Å². The summed E-state index contributed by atoms with van der Waals surface area (Å²) in [6.45, 7) is 1.99. The van der Waals surface area contributed by atoms with Gasteiger partial charge in [-0.2, -0.15) is 0 Å². The summed E-state index contributed by atoms with van der Waals surface area (Å²) in [5.74, 6) is 0.302. The number of aliphatic hydroxyl groups is 1. The number of aliphatic hydroxyl groups excluding tert-OH is 1. The minimum absolute atomic E-state index is 0.302. The molecule has 1 aliphatic carbocycles. The summed E-state index contributed by atoms with van der Waals surface area (Å²) < 4.78 is 13.5. The fourth-order valence-corrected chi connectivity index (χ4v) is 1.58. The Hall–Kier alpha value is -0.770. The SMILES string of the molecule is CC1=CC(NS(C)=O)=C(O)CC1. The van der Waals surface area contributed by atoms with Gasteiger partial charge in [0.25, 0.3) is 0 Å². The van der Waals surface area contributed by atoms with Crippen LogP contribution >= 0.6 is 0 Å². The first-order valence-corrected chi connectivity index (χ1v) is 5.35. The second kappa shape index (κ2) is 3.76. The second-order valence-corrected chi connectivity index (χ2v) is 4.02. The highest BCUT2D eigenvalue weighted by molar-refractivity contribution is 7.82. The predicted molar refractivity (Wildman–Crippen MR) is 49.8 cm³/mol. The maximum atomic E-state index is 10.8. The minimum atomic E-state index is -1.11. The zero-order valence-corrected chi connectivity index (χ0v) is 8.07. The van der Waals surface area contributed by atoms with Gasteiger partial charge in [-0.3, -0.25) is 0 Å². The van der Waals surface area contributed by atoms with E-state index in [1.165, 1.54) is 11.8 Å². The Balaban J connectivity index is 2.78. The molecule has 0 fully saturated rings. The van der Waals surface area contributed by atoms with Gasteiger partial charge in [-0.1, -0.05) is 5.57 Å². The number of hydrogen-bond acceptors (Lipinski definition) is 2. The molecule has 0 aromatic heterocycles. The summed E-state index contributed by atoms with van der Waals surface area (Å²) in [5, 5.41) is 9.37. The Labute approximate surface area is 74.8 Å². The lowest BCUT2D eigenvalue weighted by Crippen LogP contribution is -2.17. The smallest absolute Gasteiger partial charge is 0.117 e. The minimum Gasteiger partial charge on any atom is -0.510 e. The monoisotopic (exact) mass is 187 g/mol. The Bertz CT molecular complexity index is 268. The maximum absolute atomic E-state index is 10.8. The summed E-state index contributed by atoms with van der Waals surface area (Å²) in [6, 6.07) is 0. The Morgan fingerprint density at radius 3 is 2.83 bits per heavy atom. The first-order chi connectivity index (χ1) is 5.59. The summed E-state index contributed by atoms with van der Waals surface area (Å²) in [6.07, 6.45) is 4.90. The van der Waals surface area contributed by atoms with E-state index in [1.54, 1.807) is 0 Å². The van der Waals surface area contributed by atoms with E-state index in [1.807, 2.05) is 13.0 Å². The standard InChI is InChI=1S/C8H13NO2S/c1-6-3-4-8(10)7(5-6)9-12(2)11/h5,9-10H,3-4H2,1-2H3. The molecule has 4 heteroatoms. The van der Waals surface area contributed by atoms with Crippen molar-refractivity contribution in [3.8, 4) is 0 Å². The fraction of sp³-hybridized carbons (Fsp3) is 0.500. The molecule has 0 amide bonds. The van der Waals surface area contributed by atoms with Gasteiger partial charge in [-0.15, -0.1) is 0 Å². The van der Waals surface area contributed by atoms with Crippen molar-refractivity contribution in [3.63, 3.8) is 0 Å². The molecule has 0 bridgehead atoms. The van der Waals surface area contributed by atoms with Crippen LogP contribution in [0.4, 0.5) is 0 Å². The van der Waals surface area contributed by atoms with Gasteiger partial charge in [0.1, 0.15) is 16.7 Å². The lowest BCUT2D eigenvalue weighted by molar-refractivity contribution is 0.377. The molecule has 0 aromatic carbocycles. The van der Waals surface area contributed by atoms with E-state index in [0.717, 1.165) is 6.42 Å². The molecular weight excluding hydrogens is 174 g/mol. The van der Waals surface area contributed by atoms with E-state index in [9.17, 15) is 9.32 Å². The van der Waals surface area contributed by atoms with Crippen LogP contribution in [0.2, 0.25) is 0 Å². The Morgan fingerprint density at radius 1 is 1.58 bits per heavy atom. The summed E-state index contributed by atoms with van der Waals surface area (Å²) in [7, 11) is -1.11. The van der Waals surface area contributed by atoms with Gasteiger partial charge in [-0.05, 0) is 19.4 Å². The molecule has 0 saturated carbocycles. The van der Waals surface area contributed by atoms with Gasteiger partial charge in [-0.25, -0.2) is 4.21 Å². The molecule has 1 aliphatic rings. The average Bonchev–Trinajstić information content (AvgIpc) is 1.96. The quantitative estimate of drug-likeness (QED) is 0.686. The van der Waals surface area contributed by atoms with E-state index >= 15 is 0 Å². The molecule has 3 nitrogen and oxygen atoms in total. The predicted octanol–water partition coefficient (Wildman–Crippen LogP) is 1.38. The van der Waals surface area contributed by atoms with E-state index < -0.39 is 11.0 Å². The summed E-state index contributed by atoms with van der Waals surface area (Å²) in [5.41, 5.74) is 1.79. The lowest BCUT2D eigenvalue weighted by Gasteiger charge is -2.14. The molecule has 0 aliphatic heterocycles. The van der Waals surface area contributed by atoms with Crippen LogP contribution in [0.1, 0.15) is 19.8 Å². The van der Waals surface area contributed by atoms with Crippen LogP contribution in [0.15, 0.2) is 23.1 Å². The van der Waals surface area contributed by atoms with Crippen molar-refractivity contribution in [2.45, 2.75) is 19.8 Å². The highest BCUT2D eigenvalue weighted by atomic mass is 32.2. The van der Waals surface area contributed by atoms with E-state index in [4.69, 9.17) is 0 Å². The van der Waals surface area contributed by atoms with E-state index in [2.05, 4.69) is 4.72 Å². The Kier molecular flexibility index (Phi) is 2.92. The normalized spacial score (nSPS) is 20.3. The fourth-order valence-electron chi connectivity index (χ4n) is 1.10. The van der Waals surface area contributed by atoms with Crippen LogP contribution in [-0.4, -0.2) is 15.6 Å². The van der Waals surface area contributed by atoms with Crippen molar-refractivity contribution in [2.75, 3.05) is 6.26 Å². The lowest BCUT2D eigenvalue weighted by atomic mass is 10.0. The molecule has 1 unspecified atom stereocenters. The van der Waals surface area contributed by atoms with Crippen LogP contribution in [0.3, 0.4) is 0 Å².